The number of aliphatic hydroxyl groups is 1. The molecule has 2 aliphatic rings. The van der Waals surface area contributed by atoms with E-state index in [9.17, 15) is 5.11 Å². The summed E-state index contributed by atoms with van der Waals surface area (Å²) in [4.78, 5) is 2.51. The van der Waals surface area contributed by atoms with E-state index in [0.29, 0.717) is 6.04 Å². The minimum atomic E-state index is -0.155. The number of fused-ring (bicyclic) bond motifs is 1. The molecule has 0 bridgehead atoms. The summed E-state index contributed by atoms with van der Waals surface area (Å²) in [7, 11) is 0. The number of hydrogen-bond donors (Lipinski definition) is 2. The standard InChI is InChI=1S/C17H26N2O/c1-17(13-20,18-16-6-7-16)12-19-10-8-14-4-2-3-5-15(14)9-11-19/h2-5,16,18,20H,6-13H2,1H3. The molecule has 1 unspecified atom stereocenters. The molecule has 2 N–H and O–H groups in total. The van der Waals surface area contributed by atoms with E-state index in [1.165, 1.54) is 24.0 Å². The predicted molar refractivity (Wildman–Crippen MR) is 81.9 cm³/mol. The molecule has 110 valence electrons. The number of hydrogen-bond acceptors (Lipinski definition) is 3. The van der Waals surface area contributed by atoms with Crippen LogP contribution >= 0.6 is 0 Å². The van der Waals surface area contributed by atoms with Crippen LogP contribution in [0.2, 0.25) is 0 Å². The van der Waals surface area contributed by atoms with Gasteiger partial charge in [0.1, 0.15) is 0 Å². The van der Waals surface area contributed by atoms with Crippen molar-refractivity contribution in [2.75, 3.05) is 26.2 Å². The summed E-state index contributed by atoms with van der Waals surface area (Å²) < 4.78 is 0. The molecule has 1 saturated carbocycles. The van der Waals surface area contributed by atoms with Gasteiger partial charge in [0.05, 0.1) is 12.1 Å². The molecule has 0 saturated heterocycles. The SMILES string of the molecule is CC(CO)(CN1CCc2ccccc2CC1)NC1CC1. The zero-order valence-electron chi connectivity index (χ0n) is 12.4. The lowest BCUT2D eigenvalue weighted by molar-refractivity contribution is 0.120. The zero-order chi connectivity index (χ0) is 14.0. The van der Waals surface area contributed by atoms with E-state index in [4.69, 9.17) is 0 Å². The monoisotopic (exact) mass is 274 g/mol. The summed E-state index contributed by atoms with van der Waals surface area (Å²) in [6.45, 7) is 5.50. The highest BCUT2D eigenvalue weighted by Gasteiger charge is 2.33. The van der Waals surface area contributed by atoms with Crippen LogP contribution in [-0.2, 0) is 12.8 Å². The van der Waals surface area contributed by atoms with Gasteiger partial charge in [0, 0.05) is 25.7 Å². The van der Waals surface area contributed by atoms with E-state index in [-0.39, 0.29) is 12.1 Å². The van der Waals surface area contributed by atoms with Gasteiger partial charge < -0.3 is 15.3 Å². The van der Waals surface area contributed by atoms with Crippen molar-refractivity contribution in [1.29, 1.82) is 0 Å². The third-order valence-electron chi connectivity index (χ3n) is 4.56. The molecule has 1 fully saturated rings. The summed E-state index contributed by atoms with van der Waals surface area (Å²) in [5.41, 5.74) is 2.84. The summed E-state index contributed by atoms with van der Waals surface area (Å²) in [5.74, 6) is 0. The Labute approximate surface area is 122 Å². The molecular weight excluding hydrogens is 248 g/mol. The minimum Gasteiger partial charge on any atom is -0.394 e. The Balaban J connectivity index is 1.61. The van der Waals surface area contributed by atoms with Gasteiger partial charge in [0.2, 0.25) is 0 Å². The maximum atomic E-state index is 9.75. The Bertz CT molecular complexity index is 431. The fourth-order valence-electron chi connectivity index (χ4n) is 3.23. The number of aliphatic hydroxyl groups excluding tert-OH is 1. The van der Waals surface area contributed by atoms with Crippen molar-refractivity contribution in [3.05, 3.63) is 35.4 Å². The first-order chi connectivity index (χ1) is 9.68. The molecule has 1 aromatic rings. The highest BCUT2D eigenvalue weighted by Crippen LogP contribution is 2.23. The van der Waals surface area contributed by atoms with Crippen LogP contribution in [0, 0.1) is 0 Å². The third kappa shape index (κ3) is 3.40. The Morgan fingerprint density at radius 2 is 1.80 bits per heavy atom. The first-order valence-corrected chi connectivity index (χ1v) is 7.86. The van der Waals surface area contributed by atoms with Crippen LogP contribution in [0.5, 0.6) is 0 Å². The van der Waals surface area contributed by atoms with Crippen LogP contribution in [0.1, 0.15) is 30.9 Å². The summed E-state index contributed by atoms with van der Waals surface area (Å²) >= 11 is 0. The van der Waals surface area contributed by atoms with Crippen molar-refractivity contribution in [3.63, 3.8) is 0 Å². The smallest absolute Gasteiger partial charge is 0.0623 e. The largest absolute Gasteiger partial charge is 0.394 e. The van der Waals surface area contributed by atoms with Crippen LogP contribution in [0.25, 0.3) is 0 Å². The highest BCUT2D eigenvalue weighted by atomic mass is 16.3. The summed E-state index contributed by atoms with van der Waals surface area (Å²) in [6, 6.07) is 9.43. The van der Waals surface area contributed by atoms with Crippen LogP contribution in [0.3, 0.4) is 0 Å². The number of benzene rings is 1. The van der Waals surface area contributed by atoms with Crippen molar-refractivity contribution < 1.29 is 5.11 Å². The molecule has 0 spiro atoms. The Kier molecular flexibility index (Phi) is 4.11. The maximum absolute atomic E-state index is 9.75. The second kappa shape index (κ2) is 5.84. The normalized spacial score (nSPS) is 22.9. The lowest BCUT2D eigenvalue weighted by atomic mass is 10.0. The van der Waals surface area contributed by atoms with Gasteiger partial charge in [-0.15, -0.1) is 0 Å². The van der Waals surface area contributed by atoms with E-state index < -0.39 is 0 Å². The molecule has 1 atom stereocenters. The Morgan fingerprint density at radius 1 is 1.20 bits per heavy atom. The van der Waals surface area contributed by atoms with Crippen molar-refractivity contribution in [3.8, 4) is 0 Å². The van der Waals surface area contributed by atoms with Gasteiger partial charge in [-0.1, -0.05) is 24.3 Å². The van der Waals surface area contributed by atoms with Crippen molar-refractivity contribution in [1.82, 2.24) is 10.2 Å². The third-order valence-corrected chi connectivity index (χ3v) is 4.56. The molecule has 1 aromatic carbocycles. The van der Waals surface area contributed by atoms with Gasteiger partial charge >= 0.3 is 0 Å². The lowest BCUT2D eigenvalue weighted by Crippen LogP contribution is -2.55. The van der Waals surface area contributed by atoms with E-state index in [2.05, 4.69) is 41.4 Å². The van der Waals surface area contributed by atoms with Gasteiger partial charge in [-0.3, -0.25) is 0 Å². The van der Waals surface area contributed by atoms with Crippen LogP contribution in [0.4, 0.5) is 0 Å². The quantitative estimate of drug-likeness (QED) is 0.856. The van der Waals surface area contributed by atoms with E-state index in [1.807, 2.05) is 0 Å². The molecule has 3 heteroatoms. The highest BCUT2D eigenvalue weighted by molar-refractivity contribution is 5.28. The van der Waals surface area contributed by atoms with E-state index >= 15 is 0 Å². The lowest BCUT2D eigenvalue weighted by Gasteiger charge is -2.34. The molecule has 1 aliphatic heterocycles. The predicted octanol–water partition coefficient (Wildman–Crippen LogP) is 1.59. The molecular formula is C17H26N2O. The first kappa shape index (κ1) is 14.1. The topological polar surface area (TPSA) is 35.5 Å². The Morgan fingerprint density at radius 3 is 2.30 bits per heavy atom. The van der Waals surface area contributed by atoms with Gasteiger partial charge in [0.25, 0.3) is 0 Å². The maximum Gasteiger partial charge on any atom is 0.0623 e. The summed E-state index contributed by atoms with van der Waals surface area (Å²) in [6.07, 6.45) is 4.78. The van der Waals surface area contributed by atoms with Crippen LogP contribution < -0.4 is 5.32 Å². The molecule has 3 nitrogen and oxygen atoms in total. The molecule has 0 amide bonds. The average Bonchev–Trinajstić information content (AvgIpc) is 3.27. The first-order valence-electron chi connectivity index (χ1n) is 7.86. The van der Waals surface area contributed by atoms with Gasteiger partial charge in [-0.05, 0) is 43.7 Å². The molecule has 20 heavy (non-hydrogen) atoms. The van der Waals surface area contributed by atoms with Gasteiger partial charge in [0.15, 0.2) is 0 Å². The number of rotatable bonds is 5. The molecule has 0 radical (unpaired) electrons. The molecule has 1 aliphatic carbocycles. The van der Waals surface area contributed by atoms with E-state index in [1.54, 1.807) is 0 Å². The summed E-state index contributed by atoms with van der Waals surface area (Å²) in [5, 5.41) is 13.4. The average molecular weight is 274 g/mol. The molecule has 0 aromatic heterocycles. The zero-order valence-corrected chi connectivity index (χ0v) is 12.4. The van der Waals surface area contributed by atoms with Crippen LogP contribution in [-0.4, -0.2) is 47.8 Å². The van der Waals surface area contributed by atoms with E-state index in [0.717, 1.165) is 32.5 Å². The second-order valence-corrected chi connectivity index (χ2v) is 6.68. The van der Waals surface area contributed by atoms with Crippen molar-refractivity contribution in [2.24, 2.45) is 0 Å². The van der Waals surface area contributed by atoms with Crippen molar-refractivity contribution in [2.45, 2.75) is 44.2 Å². The van der Waals surface area contributed by atoms with Crippen LogP contribution in [0.15, 0.2) is 24.3 Å². The van der Waals surface area contributed by atoms with Gasteiger partial charge in [-0.25, -0.2) is 0 Å². The second-order valence-electron chi connectivity index (χ2n) is 6.68. The van der Waals surface area contributed by atoms with Crippen molar-refractivity contribution >= 4 is 0 Å². The van der Waals surface area contributed by atoms with Gasteiger partial charge in [-0.2, -0.15) is 0 Å². The molecule has 1 heterocycles. The number of nitrogens with zero attached hydrogens (tertiary/aromatic N) is 1. The number of nitrogens with one attached hydrogen (secondary N) is 1. The minimum absolute atomic E-state index is 0.155. The molecule has 3 rings (SSSR count). The fraction of sp³-hybridized carbons (Fsp3) is 0.647. The Hall–Kier alpha value is -0.900. The fourth-order valence-corrected chi connectivity index (χ4v) is 3.23.